The molecule has 0 aliphatic heterocycles. The molecule has 0 aliphatic carbocycles. The number of thiophene rings is 1. The Hall–Kier alpha value is -1.17. The lowest BCUT2D eigenvalue weighted by Gasteiger charge is -2.13. The van der Waals surface area contributed by atoms with Crippen LogP contribution in [-0.2, 0) is 19.9 Å². The molecule has 0 fully saturated rings. The lowest BCUT2D eigenvalue weighted by molar-refractivity contribution is 0.538. The Morgan fingerprint density at radius 2 is 2.35 bits per heavy atom. The summed E-state index contributed by atoms with van der Waals surface area (Å²) in [7, 11) is 2.00. The number of aromatic nitrogens is 2. The second-order valence-corrected chi connectivity index (χ2v) is 5.24. The van der Waals surface area contributed by atoms with Gasteiger partial charge in [-0.15, -0.1) is 11.3 Å². The quantitative estimate of drug-likeness (QED) is 0.628. The minimum Gasteiger partial charge on any atom is -0.338 e. The topological polar surface area (TPSA) is 55.9 Å². The Balaban J connectivity index is 2.14. The molecule has 92 valence electrons. The molecule has 0 radical (unpaired) electrons. The molecule has 17 heavy (non-hydrogen) atoms. The Kier molecular flexibility index (Phi) is 3.93. The van der Waals surface area contributed by atoms with Crippen LogP contribution in [0.5, 0.6) is 0 Å². The van der Waals surface area contributed by atoms with E-state index in [9.17, 15) is 0 Å². The molecule has 0 saturated carbocycles. The fourth-order valence-corrected chi connectivity index (χ4v) is 2.80. The average Bonchev–Trinajstić information content (AvgIpc) is 2.95. The summed E-state index contributed by atoms with van der Waals surface area (Å²) >= 11 is 1.81. The van der Waals surface area contributed by atoms with Gasteiger partial charge in [-0.05, 0) is 18.6 Å². The minimum absolute atomic E-state index is 0.140. The first-order chi connectivity index (χ1) is 8.24. The molecule has 0 amide bonds. The second-order valence-electron chi connectivity index (χ2n) is 4.04. The van der Waals surface area contributed by atoms with Crippen molar-refractivity contribution >= 4 is 11.3 Å². The van der Waals surface area contributed by atoms with Gasteiger partial charge in [0.2, 0.25) is 0 Å². The molecule has 0 aliphatic rings. The summed E-state index contributed by atoms with van der Waals surface area (Å²) in [5.74, 6) is 6.68. The first-order valence-corrected chi connectivity index (χ1v) is 6.57. The number of hydrazine groups is 1. The van der Waals surface area contributed by atoms with Crippen LogP contribution in [0.25, 0.3) is 0 Å². The maximum absolute atomic E-state index is 5.64. The fraction of sp³-hybridized carbons (Fsp3) is 0.417. The molecule has 2 aromatic rings. The molecule has 0 aromatic carbocycles. The van der Waals surface area contributed by atoms with Gasteiger partial charge in [-0.3, -0.25) is 11.3 Å². The molecule has 0 spiro atoms. The first-order valence-electron chi connectivity index (χ1n) is 5.75. The van der Waals surface area contributed by atoms with E-state index in [0.29, 0.717) is 0 Å². The van der Waals surface area contributed by atoms with Crippen molar-refractivity contribution in [3.63, 3.8) is 0 Å². The molecule has 5 heteroatoms. The van der Waals surface area contributed by atoms with E-state index in [1.54, 1.807) is 0 Å². The van der Waals surface area contributed by atoms with E-state index in [4.69, 9.17) is 5.84 Å². The zero-order chi connectivity index (χ0) is 12.3. The summed E-state index contributed by atoms with van der Waals surface area (Å²) in [5.41, 5.74) is 2.88. The third-order valence-electron chi connectivity index (χ3n) is 2.88. The lowest BCUT2D eigenvalue weighted by Crippen LogP contribution is -2.29. The van der Waals surface area contributed by atoms with Gasteiger partial charge >= 0.3 is 0 Å². The van der Waals surface area contributed by atoms with Crippen molar-refractivity contribution in [3.8, 4) is 0 Å². The van der Waals surface area contributed by atoms with E-state index < -0.39 is 0 Å². The highest BCUT2D eigenvalue weighted by atomic mass is 32.1. The predicted molar refractivity (Wildman–Crippen MR) is 70.7 cm³/mol. The van der Waals surface area contributed by atoms with E-state index in [0.717, 1.165) is 18.7 Å². The van der Waals surface area contributed by atoms with Gasteiger partial charge in [-0.1, -0.05) is 6.92 Å². The van der Waals surface area contributed by atoms with Gasteiger partial charge in [-0.2, -0.15) is 0 Å². The summed E-state index contributed by atoms with van der Waals surface area (Å²) in [6.07, 6.45) is 5.65. The standard InChI is InChI=1S/C12H18N4S/c1-3-9-4-5-11(17-9)10(15-13)8-12-14-6-7-16(12)2/h4-7,10,15H,3,8,13H2,1-2H3. The number of hydrogen-bond acceptors (Lipinski definition) is 4. The number of nitrogens with two attached hydrogens (primary N) is 1. The summed E-state index contributed by atoms with van der Waals surface area (Å²) in [5, 5.41) is 0. The lowest BCUT2D eigenvalue weighted by atomic mass is 10.1. The Morgan fingerprint density at radius 1 is 1.53 bits per heavy atom. The summed E-state index contributed by atoms with van der Waals surface area (Å²) in [6.45, 7) is 2.17. The molecular formula is C12H18N4S. The van der Waals surface area contributed by atoms with Gasteiger partial charge < -0.3 is 4.57 Å². The van der Waals surface area contributed by atoms with E-state index in [1.165, 1.54) is 9.75 Å². The Bertz CT molecular complexity index is 474. The number of hydrogen-bond donors (Lipinski definition) is 2. The largest absolute Gasteiger partial charge is 0.338 e. The highest BCUT2D eigenvalue weighted by molar-refractivity contribution is 7.12. The Labute approximate surface area is 105 Å². The van der Waals surface area contributed by atoms with Gasteiger partial charge in [0.05, 0.1) is 6.04 Å². The third kappa shape index (κ3) is 2.74. The fourth-order valence-electron chi connectivity index (χ4n) is 1.79. The molecular weight excluding hydrogens is 232 g/mol. The molecule has 1 atom stereocenters. The van der Waals surface area contributed by atoms with Crippen LogP contribution in [0.15, 0.2) is 24.5 Å². The molecule has 0 saturated heterocycles. The third-order valence-corrected chi connectivity index (χ3v) is 4.23. The van der Waals surface area contributed by atoms with Crippen molar-refractivity contribution in [2.24, 2.45) is 12.9 Å². The second kappa shape index (κ2) is 5.44. The summed E-state index contributed by atoms with van der Waals surface area (Å²) < 4.78 is 2.03. The van der Waals surface area contributed by atoms with Crippen molar-refractivity contribution in [2.45, 2.75) is 25.8 Å². The number of nitrogens with one attached hydrogen (secondary N) is 1. The highest BCUT2D eigenvalue weighted by Gasteiger charge is 2.15. The van der Waals surface area contributed by atoms with Crippen molar-refractivity contribution < 1.29 is 0 Å². The molecule has 2 rings (SSSR count). The van der Waals surface area contributed by atoms with Crippen LogP contribution in [0.1, 0.15) is 28.5 Å². The van der Waals surface area contributed by atoms with Crippen molar-refractivity contribution in [3.05, 3.63) is 40.1 Å². The van der Waals surface area contributed by atoms with Gasteiger partial charge in [-0.25, -0.2) is 4.98 Å². The van der Waals surface area contributed by atoms with E-state index in [-0.39, 0.29) is 6.04 Å². The molecule has 2 heterocycles. The van der Waals surface area contributed by atoms with E-state index in [2.05, 4.69) is 29.5 Å². The highest BCUT2D eigenvalue weighted by Crippen LogP contribution is 2.25. The SMILES string of the molecule is CCc1ccc(C(Cc2nccn2C)NN)s1. The van der Waals surface area contributed by atoms with Gasteiger partial charge in [0.25, 0.3) is 0 Å². The maximum atomic E-state index is 5.64. The van der Waals surface area contributed by atoms with Crippen molar-refractivity contribution in [1.29, 1.82) is 0 Å². The zero-order valence-corrected chi connectivity index (χ0v) is 11.0. The maximum Gasteiger partial charge on any atom is 0.110 e. The van der Waals surface area contributed by atoms with E-state index >= 15 is 0 Å². The monoisotopic (exact) mass is 250 g/mol. The van der Waals surface area contributed by atoms with Crippen LogP contribution in [0.4, 0.5) is 0 Å². The van der Waals surface area contributed by atoms with Crippen LogP contribution >= 0.6 is 11.3 Å². The van der Waals surface area contributed by atoms with Gasteiger partial charge in [0.1, 0.15) is 5.82 Å². The minimum atomic E-state index is 0.140. The average molecular weight is 250 g/mol. The Morgan fingerprint density at radius 3 is 2.88 bits per heavy atom. The van der Waals surface area contributed by atoms with Crippen LogP contribution in [-0.4, -0.2) is 9.55 Å². The predicted octanol–water partition coefficient (Wildman–Crippen LogP) is 1.79. The van der Waals surface area contributed by atoms with Crippen LogP contribution < -0.4 is 11.3 Å². The molecule has 1 unspecified atom stereocenters. The summed E-state index contributed by atoms with van der Waals surface area (Å²) in [4.78, 5) is 6.99. The van der Waals surface area contributed by atoms with Crippen LogP contribution in [0.3, 0.4) is 0 Å². The normalized spacial score (nSPS) is 12.9. The smallest absolute Gasteiger partial charge is 0.110 e. The van der Waals surface area contributed by atoms with Crippen molar-refractivity contribution in [2.75, 3.05) is 0 Å². The molecule has 3 N–H and O–H groups in total. The number of imidazole rings is 1. The van der Waals surface area contributed by atoms with Gasteiger partial charge in [0, 0.05) is 35.6 Å². The van der Waals surface area contributed by atoms with Crippen LogP contribution in [0, 0.1) is 0 Å². The molecule has 4 nitrogen and oxygen atoms in total. The zero-order valence-electron chi connectivity index (χ0n) is 10.2. The number of aryl methyl sites for hydroxylation is 2. The molecule has 0 bridgehead atoms. The summed E-state index contributed by atoms with van der Waals surface area (Å²) in [6, 6.07) is 4.46. The number of nitrogens with zero attached hydrogens (tertiary/aromatic N) is 2. The first kappa shape index (κ1) is 12.3. The van der Waals surface area contributed by atoms with Crippen LogP contribution in [0.2, 0.25) is 0 Å². The van der Waals surface area contributed by atoms with Gasteiger partial charge in [0.15, 0.2) is 0 Å². The molecule has 2 aromatic heterocycles. The number of rotatable bonds is 5. The van der Waals surface area contributed by atoms with E-state index in [1.807, 2.05) is 35.3 Å². The van der Waals surface area contributed by atoms with Crippen molar-refractivity contribution in [1.82, 2.24) is 15.0 Å².